The fraction of sp³-hybridized carbons (Fsp3) is 0.455. The highest BCUT2D eigenvalue weighted by Crippen LogP contribution is 2.28. The molecule has 0 heterocycles. The van der Waals surface area contributed by atoms with E-state index in [9.17, 15) is 8.42 Å². The zero-order valence-corrected chi connectivity index (χ0v) is 12.7. The lowest BCUT2D eigenvalue weighted by Gasteiger charge is -2.13. The summed E-state index contributed by atoms with van der Waals surface area (Å²) in [5.41, 5.74) is 0.688. The Bertz CT molecular complexity index is 530. The molecule has 0 bridgehead atoms. The minimum absolute atomic E-state index is 0.0486. The van der Waals surface area contributed by atoms with Gasteiger partial charge in [-0.25, -0.2) is 13.1 Å². The highest BCUT2D eigenvalue weighted by atomic mass is 35.5. The van der Waals surface area contributed by atoms with Crippen LogP contribution in [0.3, 0.4) is 0 Å². The van der Waals surface area contributed by atoms with E-state index in [0.29, 0.717) is 17.1 Å². The lowest BCUT2D eigenvalue weighted by atomic mass is 10.2. The second-order valence-electron chi connectivity index (χ2n) is 4.18. The summed E-state index contributed by atoms with van der Waals surface area (Å²) in [4.78, 5) is 0.0486. The molecule has 0 amide bonds. The molecule has 0 aliphatic heterocycles. The molecule has 4 nitrogen and oxygen atoms in total. The molecule has 0 aromatic heterocycles. The van der Waals surface area contributed by atoms with Gasteiger partial charge in [0.1, 0.15) is 4.90 Å². The third-order valence-corrected chi connectivity index (χ3v) is 4.62. The number of sulfonamides is 1. The van der Waals surface area contributed by atoms with Gasteiger partial charge in [-0.15, -0.1) is 0 Å². The van der Waals surface area contributed by atoms with Gasteiger partial charge in [0.2, 0.25) is 10.0 Å². The lowest BCUT2D eigenvalue weighted by molar-refractivity contribution is 0.569. The molecule has 1 aromatic rings. The van der Waals surface area contributed by atoms with Gasteiger partial charge < -0.3 is 5.32 Å². The molecule has 7 heteroatoms. The van der Waals surface area contributed by atoms with E-state index < -0.39 is 10.0 Å². The second kappa shape index (κ2) is 6.21. The fourth-order valence-electron chi connectivity index (χ4n) is 1.48. The Labute approximate surface area is 118 Å². The van der Waals surface area contributed by atoms with Crippen LogP contribution in [0.4, 0.5) is 0 Å². The van der Waals surface area contributed by atoms with Crippen LogP contribution < -0.4 is 10.0 Å². The van der Waals surface area contributed by atoms with E-state index in [2.05, 4.69) is 10.0 Å². The van der Waals surface area contributed by atoms with Crippen LogP contribution in [0.2, 0.25) is 10.0 Å². The van der Waals surface area contributed by atoms with Gasteiger partial charge in [-0.1, -0.05) is 23.2 Å². The molecule has 0 aliphatic rings. The largest absolute Gasteiger partial charge is 0.316 e. The van der Waals surface area contributed by atoms with Crippen molar-refractivity contribution >= 4 is 33.2 Å². The molecular weight excluding hydrogens is 295 g/mol. The first-order chi connectivity index (χ1) is 8.27. The van der Waals surface area contributed by atoms with Gasteiger partial charge in [-0.2, -0.15) is 0 Å². The van der Waals surface area contributed by atoms with Crippen molar-refractivity contribution in [3.05, 3.63) is 27.7 Å². The van der Waals surface area contributed by atoms with E-state index in [0.717, 1.165) is 0 Å². The Balaban J connectivity index is 3.28. The van der Waals surface area contributed by atoms with E-state index in [-0.39, 0.29) is 16.0 Å². The van der Waals surface area contributed by atoms with Gasteiger partial charge >= 0.3 is 0 Å². The molecule has 0 radical (unpaired) electrons. The van der Waals surface area contributed by atoms with Gasteiger partial charge in [0.15, 0.2) is 0 Å². The number of nitrogens with one attached hydrogen (secondary N) is 2. The summed E-state index contributed by atoms with van der Waals surface area (Å²) in [5.74, 6) is 0. The summed E-state index contributed by atoms with van der Waals surface area (Å²) >= 11 is 11.9. The standard InChI is InChI=1S/C11H16Cl2N2O2S/c1-7(2)15-18(16,17)11-4-8(6-14-3)9(12)5-10(11)13/h4-5,7,14-15H,6H2,1-3H3. The highest BCUT2D eigenvalue weighted by molar-refractivity contribution is 7.89. The van der Waals surface area contributed by atoms with Gasteiger partial charge in [0.05, 0.1) is 5.02 Å². The Hall–Kier alpha value is -0.330. The smallest absolute Gasteiger partial charge is 0.242 e. The molecule has 1 rings (SSSR count). The molecule has 0 spiro atoms. The third kappa shape index (κ3) is 3.83. The van der Waals surface area contributed by atoms with E-state index in [4.69, 9.17) is 23.2 Å². The summed E-state index contributed by atoms with van der Waals surface area (Å²) in [6.45, 7) is 3.96. The molecule has 2 N–H and O–H groups in total. The molecule has 18 heavy (non-hydrogen) atoms. The second-order valence-corrected chi connectivity index (χ2v) is 6.68. The Morgan fingerprint density at radius 1 is 1.22 bits per heavy atom. The summed E-state index contributed by atoms with van der Waals surface area (Å²) in [6.07, 6.45) is 0. The molecule has 0 atom stereocenters. The Morgan fingerprint density at radius 2 is 1.83 bits per heavy atom. The number of hydrogen-bond acceptors (Lipinski definition) is 3. The minimum Gasteiger partial charge on any atom is -0.316 e. The van der Waals surface area contributed by atoms with Gasteiger partial charge in [0, 0.05) is 17.6 Å². The first kappa shape index (κ1) is 15.7. The minimum atomic E-state index is -3.62. The van der Waals surface area contributed by atoms with Crippen LogP contribution in [0.1, 0.15) is 19.4 Å². The molecule has 102 valence electrons. The van der Waals surface area contributed by atoms with Crippen molar-refractivity contribution in [2.45, 2.75) is 31.3 Å². The van der Waals surface area contributed by atoms with Crippen molar-refractivity contribution in [2.24, 2.45) is 0 Å². The van der Waals surface area contributed by atoms with Crippen molar-refractivity contribution in [2.75, 3.05) is 7.05 Å². The zero-order valence-electron chi connectivity index (χ0n) is 10.4. The van der Waals surface area contributed by atoms with Crippen LogP contribution in [0.15, 0.2) is 17.0 Å². The zero-order chi connectivity index (χ0) is 13.9. The third-order valence-electron chi connectivity index (χ3n) is 2.15. The first-order valence-corrected chi connectivity index (χ1v) is 7.66. The Kier molecular flexibility index (Phi) is 5.43. The van der Waals surface area contributed by atoms with E-state index in [1.54, 1.807) is 20.9 Å². The summed E-state index contributed by atoms with van der Waals surface area (Å²) in [6, 6.07) is 2.74. The average molecular weight is 311 g/mol. The lowest BCUT2D eigenvalue weighted by Crippen LogP contribution is -2.30. The van der Waals surface area contributed by atoms with Crippen molar-refractivity contribution in [3.63, 3.8) is 0 Å². The maximum atomic E-state index is 12.1. The average Bonchev–Trinajstić information content (AvgIpc) is 2.19. The van der Waals surface area contributed by atoms with Gasteiger partial charge in [0.25, 0.3) is 0 Å². The van der Waals surface area contributed by atoms with Crippen LogP contribution >= 0.6 is 23.2 Å². The van der Waals surface area contributed by atoms with E-state index in [1.807, 2.05) is 0 Å². The quantitative estimate of drug-likeness (QED) is 0.878. The fourth-order valence-corrected chi connectivity index (χ4v) is 3.59. The predicted molar refractivity (Wildman–Crippen MR) is 74.7 cm³/mol. The number of benzene rings is 1. The van der Waals surface area contributed by atoms with Crippen LogP contribution in [-0.4, -0.2) is 21.5 Å². The monoisotopic (exact) mass is 310 g/mol. The van der Waals surface area contributed by atoms with Gasteiger partial charge in [-0.05, 0) is 38.6 Å². The summed E-state index contributed by atoms with van der Waals surface area (Å²) < 4.78 is 26.6. The van der Waals surface area contributed by atoms with Crippen molar-refractivity contribution in [1.29, 1.82) is 0 Å². The molecule has 0 aliphatic carbocycles. The van der Waals surface area contributed by atoms with Crippen LogP contribution in [0, 0.1) is 0 Å². The Morgan fingerprint density at radius 3 is 2.33 bits per heavy atom. The van der Waals surface area contributed by atoms with Crippen molar-refractivity contribution < 1.29 is 8.42 Å². The van der Waals surface area contributed by atoms with Crippen molar-refractivity contribution in [1.82, 2.24) is 10.0 Å². The molecule has 0 saturated heterocycles. The maximum Gasteiger partial charge on any atom is 0.242 e. The van der Waals surface area contributed by atoms with Crippen LogP contribution in [-0.2, 0) is 16.6 Å². The number of rotatable bonds is 5. The first-order valence-electron chi connectivity index (χ1n) is 5.42. The molecule has 0 fully saturated rings. The van der Waals surface area contributed by atoms with E-state index >= 15 is 0 Å². The molecule has 1 aromatic carbocycles. The molecule has 0 unspecified atom stereocenters. The number of halogens is 2. The SMILES string of the molecule is CNCc1cc(S(=O)(=O)NC(C)C)c(Cl)cc1Cl. The van der Waals surface area contributed by atoms with Crippen LogP contribution in [0.5, 0.6) is 0 Å². The van der Waals surface area contributed by atoms with E-state index in [1.165, 1.54) is 12.1 Å². The highest BCUT2D eigenvalue weighted by Gasteiger charge is 2.20. The van der Waals surface area contributed by atoms with Crippen molar-refractivity contribution in [3.8, 4) is 0 Å². The summed E-state index contributed by atoms with van der Waals surface area (Å²) in [7, 11) is -1.86. The number of hydrogen-bond donors (Lipinski definition) is 2. The molecular formula is C11H16Cl2N2O2S. The predicted octanol–water partition coefficient (Wildman–Crippen LogP) is 2.40. The molecule has 0 saturated carbocycles. The normalized spacial score (nSPS) is 12.1. The topological polar surface area (TPSA) is 58.2 Å². The summed E-state index contributed by atoms with van der Waals surface area (Å²) in [5, 5.41) is 3.48. The van der Waals surface area contributed by atoms with Gasteiger partial charge in [-0.3, -0.25) is 0 Å². The maximum absolute atomic E-state index is 12.1. The van der Waals surface area contributed by atoms with Crippen LogP contribution in [0.25, 0.3) is 0 Å².